The van der Waals surface area contributed by atoms with Gasteiger partial charge in [0.05, 0.1) is 18.0 Å². The second-order valence-corrected chi connectivity index (χ2v) is 5.30. The van der Waals surface area contributed by atoms with Gasteiger partial charge < -0.3 is 9.47 Å². The molecule has 0 aliphatic rings. The second kappa shape index (κ2) is 6.12. The molecule has 2 heterocycles. The van der Waals surface area contributed by atoms with E-state index in [1.54, 1.807) is 49.8 Å². The van der Waals surface area contributed by atoms with Crippen molar-refractivity contribution in [3.8, 4) is 23.2 Å². The Labute approximate surface area is 142 Å². The molecule has 0 atom stereocenters. The fraction of sp³-hybridized carbons (Fsp3) is 0.0556. The summed E-state index contributed by atoms with van der Waals surface area (Å²) in [7, 11) is 1.59. The van der Waals surface area contributed by atoms with Gasteiger partial charge in [0, 0.05) is 18.5 Å². The number of aromatic amines is 1. The number of ether oxygens (including phenoxy) is 2. The minimum absolute atomic E-state index is 0.258. The first-order valence-corrected chi connectivity index (χ1v) is 7.59. The van der Waals surface area contributed by atoms with Gasteiger partial charge in [0.2, 0.25) is 5.95 Å². The van der Waals surface area contributed by atoms with Crippen LogP contribution < -0.4 is 15.0 Å². The minimum Gasteiger partial charge on any atom is -0.497 e. The van der Waals surface area contributed by atoms with Crippen molar-refractivity contribution in [1.82, 2.24) is 19.7 Å². The van der Waals surface area contributed by atoms with Crippen LogP contribution in [0.15, 0.2) is 65.7 Å². The Morgan fingerprint density at radius 2 is 1.88 bits per heavy atom. The first-order valence-electron chi connectivity index (χ1n) is 7.59. The van der Waals surface area contributed by atoms with Crippen molar-refractivity contribution in [3.63, 3.8) is 0 Å². The normalized spacial score (nSPS) is 10.8. The molecule has 25 heavy (non-hydrogen) atoms. The van der Waals surface area contributed by atoms with Crippen LogP contribution in [0.25, 0.3) is 16.9 Å². The van der Waals surface area contributed by atoms with E-state index in [2.05, 4.69) is 15.1 Å². The maximum atomic E-state index is 12.4. The highest BCUT2D eigenvalue weighted by Gasteiger charge is 2.08. The Morgan fingerprint density at radius 3 is 2.68 bits per heavy atom. The average Bonchev–Trinajstić information content (AvgIpc) is 3.17. The molecule has 0 bridgehead atoms. The maximum Gasteiger partial charge on any atom is 0.260 e. The fourth-order valence-electron chi connectivity index (χ4n) is 2.47. The van der Waals surface area contributed by atoms with E-state index < -0.39 is 0 Å². The van der Waals surface area contributed by atoms with Crippen LogP contribution in [0.4, 0.5) is 0 Å². The number of fused-ring (bicyclic) bond motifs is 1. The summed E-state index contributed by atoms with van der Waals surface area (Å²) >= 11 is 0. The molecule has 0 spiro atoms. The zero-order valence-electron chi connectivity index (χ0n) is 13.3. The van der Waals surface area contributed by atoms with Gasteiger partial charge >= 0.3 is 0 Å². The van der Waals surface area contributed by atoms with Gasteiger partial charge in [0.25, 0.3) is 5.56 Å². The maximum absolute atomic E-state index is 12.4. The van der Waals surface area contributed by atoms with Gasteiger partial charge in [-0.25, -0.2) is 9.67 Å². The summed E-state index contributed by atoms with van der Waals surface area (Å²) in [6.07, 6.45) is 3.33. The molecule has 1 N–H and O–H groups in total. The molecule has 0 amide bonds. The van der Waals surface area contributed by atoms with Gasteiger partial charge in [-0.3, -0.25) is 9.78 Å². The topological polar surface area (TPSA) is 82.0 Å². The van der Waals surface area contributed by atoms with Crippen LogP contribution >= 0.6 is 0 Å². The van der Waals surface area contributed by atoms with Crippen molar-refractivity contribution >= 4 is 10.9 Å². The molecule has 2 aromatic carbocycles. The Morgan fingerprint density at radius 1 is 1.04 bits per heavy atom. The third-order valence-corrected chi connectivity index (χ3v) is 3.66. The van der Waals surface area contributed by atoms with E-state index >= 15 is 0 Å². The molecular formula is C18H14N4O3. The van der Waals surface area contributed by atoms with Crippen LogP contribution in [0.3, 0.4) is 0 Å². The summed E-state index contributed by atoms with van der Waals surface area (Å²) in [5.41, 5.74) is 0.304. The zero-order chi connectivity index (χ0) is 17.2. The van der Waals surface area contributed by atoms with E-state index in [0.717, 1.165) is 0 Å². The first kappa shape index (κ1) is 14.9. The summed E-state index contributed by atoms with van der Waals surface area (Å²) < 4.78 is 12.5. The standard InChI is InChI=1S/C18H14N4O3/c1-24-12-4-2-5-13(10-12)25-14-6-7-16-15(11-14)17(23)21-18(20-16)22-9-3-8-19-22/h2-11H,1H3,(H,20,21,23). The van der Waals surface area contributed by atoms with Gasteiger partial charge in [0.1, 0.15) is 17.2 Å². The lowest BCUT2D eigenvalue weighted by molar-refractivity contribution is 0.409. The molecule has 0 aliphatic heterocycles. The summed E-state index contributed by atoms with van der Waals surface area (Å²) in [6.45, 7) is 0. The predicted octanol–water partition coefficient (Wildman–Crippen LogP) is 2.91. The molecule has 0 fully saturated rings. The first-order chi connectivity index (χ1) is 12.2. The molecule has 4 aromatic rings. The van der Waals surface area contributed by atoms with Crippen molar-refractivity contribution < 1.29 is 9.47 Å². The van der Waals surface area contributed by atoms with Crippen molar-refractivity contribution in [2.24, 2.45) is 0 Å². The monoisotopic (exact) mass is 334 g/mol. The van der Waals surface area contributed by atoms with Crippen LogP contribution in [0, 0.1) is 0 Å². The Bertz CT molecular complexity index is 1090. The Hall–Kier alpha value is -3.61. The summed E-state index contributed by atoms with van der Waals surface area (Å²) in [6, 6.07) is 14.2. The highest BCUT2D eigenvalue weighted by atomic mass is 16.5. The summed E-state index contributed by atoms with van der Waals surface area (Å²) in [4.78, 5) is 19.5. The lowest BCUT2D eigenvalue weighted by atomic mass is 10.2. The van der Waals surface area contributed by atoms with Crippen LogP contribution in [0.5, 0.6) is 17.2 Å². The van der Waals surface area contributed by atoms with E-state index in [-0.39, 0.29) is 5.56 Å². The molecule has 4 rings (SSSR count). The molecular weight excluding hydrogens is 320 g/mol. The lowest BCUT2D eigenvalue weighted by Crippen LogP contribution is -2.13. The van der Waals surface area contributed by atoms with Crippen LogP contribution in [0.2, 0.25) is 0 Å². The molecule has 124 valence electrons. The van der Waals surface area contributed by atoms with Gasteiger partial charge in [-0.05, 0) is 36.4 Å². The van der Waals surface area contributed by atoms with E-state index in [1.165, 1.54) is 4.68 Å². The summed E-state index contributed by atoms with van der Waals surface area (Å²) in [5, 5.41) is 4.51. The number of H-pyrrole nitrogens is 1. The van der Waals surface area contributed by atoms with Crippen molar-refractivity contribution in [2.45, 2.75) is 0 Å². The smallest absolute Gasteiger partial charge is 0.260 e. The van der Waals surface area contributed by atoms with Gasteiger partial charge in [-0.1, -0.05) is 6.07 Å². The minimum atomic E-state index is -0.258. The van der Waals surface area contributed by atoms with Crippen LogP contribution in [-0.4, -0.2) is 26.9 Å². The molecule has 0 saturated heterocycles. The third-order valence-electron chi connectivity index (χ3n) is 3.66. The van der Waals surface area contributed by atoms with Gasteiger partial charge in [0.15, 0.2) is 0 Å². The van der Waals surface area contributed by atoms with Crippen molar-refractivity contribution in [3.05, 3.63) is 71.3 Å². The molecule has 0 radical (unpaired) electrons. The lowest BCUT2D eigenvalue weighted by Gasteiger charge is -2.08. The molecule has 2 aromatic heterocycles. The molecule has 0 unspecified atom stereocenters. The number of hydrogen-bond acceptors (Lipinski definition) is 5. The largest absolute Gasteiger partial charge is 0.497 e. The highest BCUT2D eigenvalue weighted by Crippen LogP contribution is 2.26. The van der Waals surface area contributed by atoms with Crippen molar-refractivity contribution in [2.75, 3.05) is 7.11 Å². The number of aromatic nitrogens is 4. The van der Waals surface area contributed by atoms with Crippen LogP contribution in [0.1, 0.15) is 0 Å². The van der Waals surface area contributed by atoms with E-state index in [1.807, 2.05) is 18.2 Å². The Kier molecular flexibility index (Phi) is 3.66. The van der Waals surface area contributed by atoms with E-state index in [9.17, 15) is 4.79 Å². The molecule has 7 heteroatoms. The van der Waals surface area contributed by atoms with Gasteiger partial charge in [-0.15, -0.1) is 0 Å². The van der Waals surface area contributed by atoms with Crippen LogP contribution in [-0.2, 0) is 0 Å². The molecule has 0 aliphatic carbocycles. The quantitative estimate of drug-likeness (QED) is 0.620. The number of nitrogens with one attached hydrogen (secondary N) is 1. The second-order valence-electron chi connectivity index (χ2n) is 5.30. The summed E-state index contributed by atoms with van der Waals surface area (Å²) in [5.74, 6) is 2.22. The predicted molar refractivity (Wildman–Crippen MR) is 92.6 cm³/mol. The number of benzene rings is 2. The molecule has 0 saturated carbocycles. The fourth-order valence-corrected chi connectivity index (χ4v) is 2.47. The third kappa shape index (κ3) is 2.94. The number of methoxy groups -OCH3 is 1. The van der Waals surface area contributed by atoms with E-state index in [0.29, 0.717) is 34.1 Å². The van der Waals surface area contributed by atoms with E-state index in [4.69, 9.17) is 9.47 Å². The van der Waals surface area contributed by atoms with Gasteiger partial charge in [-0.2, -0.15) is 5.10 Å². The highest BCUT2D eigenvalue weighted by molar-refractivity contribution is 5.79. The molecule has 7 nitrogen and oxygen atoms in total. The SMILES string of the molecule is COc1cccc(Oc2ccc3nc(-n4cccn4)[nH]c(=O)c3c2)c1. The average molecular weight is 334 g/mol. The van der Waals surface area contributed by atoms with Crippen molar-refractivity contribution in [1.29, 1.82) is 0 Å². The Balaban J connectivity index is 1.71. The number of nitrogens with zero attached hydrogens (tertiary/aromatic N) is 3. The number of hydrogen-bond donors (Lipinski definition) is 1. The zero-order valence-corrected chi connectivity index (χ0v) is 13.3. The number of rotatable bonds is 4.